The molecule has 8 heteroatoms. The first-order valence-corrected chi connectivity index (χ1v) is 8.34. The van der Waals surface area contributed by atoms with Crippen molar-refractivity contribution < 1.29 is 14.5 Å². The van der Waals surface area contributed by atoms with Crippen LogP contribution in [0.15, 0.2) is 42.5 Å². The van der Waals surface area contributed by atoms with E-state index < -0.39 is 4.92 Å². The number of likely N-dealkylation sites (N-methyl/N-ethyl adjacent to an activating group) is 1. The second kappa shape index (κ2) is 8.91. The topological polar surface area (TPSA) is 105 Å². The Hall–Kier alpha value is -3.26. The molecule has 142 valence electrons. The minimum atomic E-state index is -0.494. The Balaban J connectivity index is 1.86. The van der Waals surface area contributed by atoms with Crippen LogP contribution in [0.2, 0.25) is 0 Å². The van der Waals surface area contributed by atoms with E-state index in [0.29, 0.717) is 16.9 Å². The van der Waals surface area contributed by atoms with Crippen LogP contribution in [0.4, 0.5) is 17.1 Å². The Morgan fingerprint density at radius 3 is 2.04 bits per heavy atom. The second-order valence-corrected chi connectivity index (χ2v) is 6.39. The van der Waals surface area contributed by atoms with Gasteiger partial charge in [-0.2, -0.15) is 0 Å². The number of benzene rings is 2. The summed E-state index contributed by atoms with van der Waals surface area (Å²) in [6.45, 7) is 3.60. The number of hydrogen-bond acceptors (Lipinski definition) is 5. The molecule has 2 aromatic rings. The Bertz CT molecular complexity index is 849. The van der Waals surface area contributed by atoms with Crippen molar-refractivity contribution in [2.75, 3.05) is 30.8 Å². The van der Waals surface area contributed by atoms with Crippen LogP contribution in [-0.2, 0) is 9.59 Å². The van der Waals surface area contributed by atoms with Crippen molar-refractivity contribution in [1.29, 1.82) is 0 Å². The highest BCUT2D eigenvalue weighted by molar-refractivity contribution is 5.94. The largest absolute Gasteiger partial charge is 0.325 e. The summed E-state index contributed by atoms with van der Waals surface area (Å²) in [7, 11) is 1.64. The highest BCUT2D eigenvalue weighted by Gasteiger charge is 2.14. The highest BCUT2D eigenvalue weighted by atomic mass is 16.6. The van der Waals surface area contributed by atoms with Gasteiger partial charge in [-0.1, -0.05) is 23.8 Å². The Morgan fingerprint density at radius 2 is 1.48 bits per heavy atom. The smallest absolute Gasteiger partial charge is 0.274 e. The molecule has 0 bridgehead atoms. The van der Waals surface area contributed by atoms with Gasteiger partial charge in [0.05, 0.1) is 18.0 Å². The molecule has 2 N–H and O–H groups in total. The van der Waals surface area contributed by atoms with Crippen LogP contribution in [0, 0.1) is 24.0 Å². The van der Waals surface area contributed by atoms with Crippen molar-refractivity contribution >= 4 is 28.9 Å². The van der Waals surface area contributed by atoms with Crippen molar-refractivity contribution in [2.24, 2.45) is 0 Å². The van der Waals surface area contributed by atoms with Crippen molar-refractivity contribution in [3.63, 3.8) is 0 Å². The first kappa shape index (κ1) is 20.1. The molecule has 27 heavy (non-hydrogen) atoms. The number of hydrogen-bond donors (Lipinski definition) is 2. The van der Waals surface area contributed by atoms with Gasteiger partial charge in [0.15, 0.2) is 0 Å². The van der Waals surface area contributed by atoms with Gasteiger partial charge >= 0.3 is 0 Å². The lowest BCUT2D eigenvalue weighted by atomic mass is 10.2. The van der Waals surface area contributed by atoms with E-state index in [9.17, 15) is 19.7 Å². The van der Waals surface area contributed by atoms with Crippen LogP contribution >= 0.6 is 0 Å². The molecular weight excluding hydrogens is 348 g/mol. The summed E-state index contributed by atoms with van der Waals surface area (Å²) in [5.74, 6) is -0.598. The average Bonchev–Trinajstić information content (AvgIpc) is 2.58. The fourth-order valence-corrected chi connectivity index (χ4v) is 2.47. The molecule has 0 radical (unpaired) electrons. The number of carbonyl (C=O) groups excluding carboxylic acids is 2. The van der Waals surface area contributed by atoms with Crippen molar-refractivity contribution in [2.45, 2.75) is 13.8 Å². The Morgan fingerprint density at radius 1 is 0.963 bits per heavy atom. The van der Waals surface area contributed by atoms with Gasteiger partial charge in [-0.25, -0.2) is 0 Å². The molecule has 0 aliphatic carbocycles. The lowest BCUT2D eigenvalue weighted by molar-refractivity contribution is -0.385. The number of amides is 2. The molecule has 8 nitrogen and oxygen atoms in total. The van der Waals surface area contributed by atoms with Gasteiger partial charge in [-0.3, -0.25) is 24.6 Å². The summed E-state index contributed by atoms with van der Waals surface area (Å²) in [5, 5.41) is 16.3. The molecule has 0 aliphatic heterocycles. The number of nitrogens with one attached hydrogen (secondary N) is 2. The molecule has 0 spiro atoms. The van der Waals surface area contributed by atoms with Gasteiger partial charge in [0.1, 0.15) is 0 Å². The summed E-state index contributed by atoms with van der Waals surface area (Å²) < 4.78 is 0. The maximum atomic E-state index is 12.1. The predicted molar refractivity (Wildman–Crippen MR) is 104 cm³/mol. The van der Waals surface area contributed by atoms with Crippen molar-refractivity contribution in [3.05, 3.63) is 63.7 Å². The molecule has 2 amide bonds. The maximum Gasteiger partial charge on any atom is 0.274 e. The van der Waals surface area contributed by atoms with E-state index in [1.54, 1.807) is 31.0 Å². The summed E-state index contributed by atoms with van der Waals surface area (Å²) >= 11 is 0. The third-order valence-electron chi connectivity index (χ3n) is 3.85. The molecule has 0 heterocycles. The fraction of sp³-hybridized carbons (Fsp3) is 0.263. The number of carbonyl (C=O) groups is 2. The van der Waals surface area contributed by atoms with Crippen LogP contribution in [0.3, 0.4) is 0 Å². The second-order valence-electron chi connectivity index (χ2n) is 6.39. The molecular formula is C19H22N4O4. The Kier molecular flexibility index (Phi) is 6.62. The summed E-state index contributed by atoms with van der Waals surface area (Å²) in [6, 6.07) is 11.9. The van der Waals surface area contributed by atoms with E-state index in [-0.39, 0.29) is 30.6 Å². The minimum absolute atomic E-state index is 0.0248. The van der Waals surface area contributed by atoms with Crippen LogP contribution < -0.4 is 10.6 Å². The first-order chi connectivity index (χ1) is 12.7. The number of nitro groups is 1. The van der Waals surface area contributed by atoms with E-state index in [1.807, 2.05) is 31.2 Å². The van der Waals surface area contributed by atoms with E-state index in [1.165, 1.54) is 6.07 Å². The van der Waals surface area contributed by atoms with E-state index in [2.05, 4.69) is 10.6 Å². The lowest BCUT2D eigenvalue weighted by Crippen LogP contribution is -2.36. The standard InChI is InChI=1S/C19H22N4O4/c1-13-4-7-15(8-5-13)20-18(24)11-22(3)12-19(25)21-16-9-6-14(2)17(10-16)23(26)27/h4-10H,11-12H2,1-3H3,(H,20,24)(H,21,25). The van der Waals surface area contributed by atoms with Gasteiger partial charge in [-0.05, 0) is 39.1 Å². The molecule has 0 saturated heterocycles. The molecule has 0 aliphatic rings. The molecule has 2 aromatic carbocycles. The summed E-state index contributed by atoms with van der Waals surface area (Å²) in [4.78, 5) is 36.2. The van der Waals surface area contributed by atoms with Gasteiger partial charge in [-0.15, -0.1) is 0 Å². The number of aryl methyl sites for hydroxylation is 2. The predicted octanol–water partition coefficient (Wildman–Crippen LogP) is 2.72. The van der Waals surface area contributed by atoms with Crippen LogP contribution in [0.5, 0.6) is 0 Å². The maximum absolute atomic E-state index is 12.1. The van der Waals surface area contributed by atoms with Gasteiger partial charge in [0, 0.05) is 23.0 Å². The summed E-state index contributed by atoms with van der Waals surface area (Å²) in [5.41, 5.74) is 2.59. The van der Waals surface area contributed by atoms with Crippen LogP contribution in [0.1, 0.15) is 11.1 Å². The van der Waals surface area contributed by atoms with Crippen molar-refractivity contribution in [3.8, 4) is 0 Å². The molecule has 0 atom stereocenters. The van der Waals surface area contributed by atoms with Crippen molar-refractivity contribution in [1.82, 2.24) is 4.90 Å². The third-order valence-corrected chi connectivity index (χ3v) is 3.85. The molecule has 0 fully saturated rings. The van der Waals surface area contributed by atoms with Gasteiger partial charge in [0.25, 0.3) is 5.69 Å². The number of nitro benzene ring substituents is 1. The average molecular weight is 370 g/mol. The van der Waals surface area contributed by atoms with Gasteiger partial charge < -0.3 is 10.6 Å². The van der Waals surface area contributed by atoms with E-state index in [0.717, 1.165) is 5.56 Å². The zero-order valence-electron chi connectivity index (χ0n) is 15.5. The molecule has 0 aromatic heterocycles. The molecule has 0 unspecified atom stereocenters. The van der Waals surface area contributed by atoms with Gasteiger partial charge in [0.2, 0.25) is 11.8 Å². The molecule has 2 rings (SSSR count). The fourth-order valence-electron chi connectivity index (χ4n) is 2.47. The normalized spacial score (nSPS) is 10.5. The minimum Gasteiger partial charge on any atom is -0.325 e. The third kappa shape index (κ3) is 6.19. The number of anilines is 2. The SMILES string of the molecule is Cc1ccc(NC(=O)CN(C)CC(=O)Nc2ccc(C)c([N+](=O)[O-])c2)cc1. The van der Waals surface area contributed by atoms with Crippen LogP contribution in [-0.4, -0.2) is 41.8 Å². The van der Waals surface area contributed by atoms with E-state index in [4.69, 9.17) is 0 Å². The zero-order valence-corrected chi connectivity index (χ0v) is 15.5. The monoisotopic (exact) mass is 370 g/mol. The number of nitrogens with zero attached hydrogens (tertiary/aromatic N) is 2. The Labute approximate surface area is 157 Å². The number of rotatable bonds is 7. The quantitative estimate of drug-likeness (QED) is 0.576. The molecule has 0 saturated carbocycles. The summed E-state index contributed by atoms with van der Waals surface area (Å²) in [6.07, 6.45) is 0. The lowest BCUT2D eigenvalue weighted by Gasteiger charge is -2.16. The first-order valence-electron chi connectivity index (χ1n) is 8.34. The zero-order chi connectivity index (χ0) is 20.0. The highest BCUT2D eigenvalue weighted by Crippen LogP contribution is 2.22. The van der Waals surface area contributed by atoms with Crippen LogP contribution in [0.25, 0.3) is 0 Å². The van der Waals surface area contributed by atoms with E-state index >= 15 is 0 Å².